The second-order valence-corrected chi connectivity index (χ2v) is 7.75. The van der Waals surface area contributed by atoms with E-state index in [0.29, 0.717) is 21.3 Å². The normalized spacial score (nSPS) is 15.7. The third-order valence-corrected chi connectivity index (χ3v) is 5.33. The summed E-state index contributed by atoms with van der Waals surface area (Å²) < 4.78 is 18.7. The van der Waals surface area contributed by atoms with Crippen molar-refractivity contribution in [3.8, 4) is 5.75 Å². The molecular weight excluding hydrogens is 433 g/mol. The minimum Gasteiger partial charge on any atom is -0.482 e. The summed E-state index contributed by atoms with van der Waals surface area (Å²) in [6.07, 6.45) is 1.54. The first kappa shape index (κ1) is 21.3. The lowest BCUT2D eigenvalue weighted by molar-refractivity contribution is -0.386. The number of nitro benzene ring substituents is 1. The van der Waals surface area contributed by atoms with Crippen molar-refractivity contribution in [2.75, 3.05) is 0 Å². The molecule has 0 spiro atoms. The monoisotopic (exact) mass is 449 g/mol. The van der Waals surface area contributed by atoms with E-state index in [1.807, 2.05) is 30.3 Å². The third-order valence-electron chi connectivity index (χ3n) is 4.42. The van der Waals surface area contributed by atoms with Crippen molar-refractivity contribution in [3.05, 3.63) is 105 Å². The Hall–Kier alpha value is -3.98. The van der Waals surface area contributed by atoms with Crippen LogP contribution in [0.3, 0.4) is 0 Å². The minimum absolute atomic E-state index is 0.142. The van der Waals surface area contributed by atoms with Gasteiger partial charge in [0.25, 0.3) is 5.91 Å². The standard InChI is InChI=1S/C23H16FN3O4S/c24-17-7-9-18(10-8-17)25-23-26-22(28)21(32-23)13-16-6-11-20(19(12-16)27(29)30)31-14-15-4-2-1-3-5-15/h1-13H,14H2,(H,25,26,28)/b21-13+. The van der Waals surface area contributed by atoms with Gasteiger partial charge in [-0.1, -0.05) is 36.4 Å². The smallest absolute Gasteiger partial charge is 0.311 e. The third kappa shape index (κ3) is 5.19. The highest BCUT2D eigenvalue weighted by atomic mass is 32.2. The van der Waals surface area contributed by atoms with Crippen LogP contribution in [0, 0.1) is 15.9 Å². The molecule has 0 unspecified atom stereocenters. The van der Waals surface area contributed by atoms with Crippen LogP contribution in [0.2, 0.25) is 0 Å². The zero-order chi connectivity index (χ0) is 22.5. The van der Waals surface area contributed by atoms with Crippen molar-refractivity contribution < 1.29 is 18.8 Å². The summed E-state index contributed by atoms with van der Waals surface area (Å²) in [7, 11) is 0. The molecule has 1 aliphatic rings. The fourth-order valence-electron chi connectivity index (χ4n) is 2.89. The zero-order valence-corrected chi connectivity index (χ0v) is 17.3. The van der Waals surface area contributed by atoms with E-state index >= 15 is 0 Å². The molecule has 1 N–H and O–H groups in total. The molecule has 7 nitrogen and oxygen atoms in total. The van der Waals surface area contributed by atoms with Gasteiger partial charge in [0.15, 0.2) is 10.9 Å². The molecule has 0 aliphatic carbocycles. The van der Waals surface area contributed by atoms with E-state index in [4.69, 9.17) is 4.74 Å². The first-order valence-corrected chi connectivity index (χ1v) is 10.3. The lowest BCUT2D eigenvalue weighted by Crippen LogP contribution is -2.19. The van der Waals surface area contributed by atoms with Gasteiger partial charge in [-0.25, -0.2) is 9.38 Å². The summed E-state index contributed by atoms with van der Waals surface area (Å²) in [4.78, 5) is 27.9. The second kappa shape index (κ2) is 9.44. The molecule has 32 heavy (non-hydrogen) atoms. The van der Waals surface area contributed by atoms with Gasteiger partial charge in [0.1, 0.15) is 12.4 Å². The van der Waals surface area contributed by atoms with Crippen molar-refractivity contribution in [1.82, 2.24) is 5.32 Å². The highest BCUT2D eigenvalue weighted by Crippen LogP contribution is 2.32. The number of rotatable bonds is 6. The Morgan fingerprint density at radius 2 is 1.84 bits per heavy atom. The number of aliphatic imine (C=N–C) groups is 1. The Kier molecular flexibility index (Phi) is 6.27. The van der Waals surface area contributed by atoms with Gasteiger partial charge in [0, 0.05) is 6.07 Å². The molecular formula is C23H16FN3O4S. The summed E-state index contributed by atoms with van der Waals surface area (Å²) in [5, 5.41) is 14.5. The summed E-state index contributed by atoms with van der Waals surface area (Å²) >= 11 is 1.09. The van der Waals surface area contributed by atoms with Crippen LogP contribution in [0.15, 0.2) is 82.7 Å². The van der Waals surface area contributed by atoms with E-state index in [2.05, 4.69) is 10.3 Å². The molecule has 4 rings (SSSR count). The SMILES string of the molecule is O=C1NC(=Nc2ccc(F)cc2)S/C1=C/c1ccc(OCc2ccccc2)c([N+](=O)[O-])c1. The number of carbonyl (C=O) groups is 1. The largest absolute Gasteiger partial charge is 0.482 e. The van der Waals surface area contributed by atoms with Crippen LogP contribution < -0.4 is 10.1 Å². The summed E-state index contributed by atoms with van der Waals surface area (Å²) in [6.45, 7) is 0.198. The van der Waals surface area contributed by atoms with Crippen molar-refractivity contribution in [2.45, 2.75) is 6.61 Å². The van der Waals surface area contributed by atoms with Crippen LogP contribution in [-0.4, -0.2) is 16.0 Å². The van der Waals surface area contributed by atoms with E-state index in [1.165, 1.54) is 36.4 Å². The number of benzene rings is 3. The number of nitrogens with zero attached hydrogens (tertiary/aromatic N) is 2. The lowest BCUT2D eigenvalue weighted by atomic mass is 10.1. The number of halogens is 1. The van der Waals surface area contributed by atoms with Gasteiger partial charge in [0.05, 0.1) is 15.5 Å². The van der Waals surface area contributed by atoms with Crippen LogP contribution in [0.25, 0.3) is 6.08 Å². The number of nitro groups is 1. The summed E-state index contributed by atoms with van der Waals surface area (Å²) in [5.74, 6) is -0.610. The molecule has 0 saturated carbocycles. The first-order chi connectivity index (χ1) is 15.5. The number of amides is 1. The van der Waals surface area contributed by atoms with E-state index in [1.54, 1.807) is 12.1 Å². The van der Waals surface area contributed by atoms with Gasteiger partial charge in [-0.05, 0) is 59.3 Å². The summed E-state index contributed by atoms with van der Waals surface area (Å²) in [6, 6.07) is 19.4. The molecule has 0 aromatic heterocycles. The quantitative estimate of drug-likeness (QED) is 0.317. The Balaban J connectivity index is 1.53. The molecule has 1 aliphatic heterocycles. The maximum atomic E-state index is 13.0. The van der Waals surface area contributed by atoms with Crippen LogP contribution in [-0.2, 0) is 11.4 Å². The van der Waals surface area contributed by atoms with Gasteiger partial charge >= 0.3 is 5.69 Å². The van der Waals surface area contributed by atoms with Gasteiger partial charge in [-0.2, -0.15) is 0 Å². The Morgan fingerprint density at radius 1 is 1.09 bits per heavy atom. The zero-order valence-electron chi connectivity index (χ0n) is 16.5. The molecule has 1 fully saturated rings. The first-order valence-electron chi connectivity index (χ1n) is 9.48. The predicted molar refractivity (Wildman–Crippen MR) is 121 cm³/mol. The number of carbonyl (C=O) groups excluding carboxylic acids is 1. The predicted octanol–water partition coefficient (Wildman–Crippen LogP) is 5.20. The fourth-order valence-corrected chi connectivity index (χ4v) is 3.73. The molecule has 9 heteroatoms. The van der Waals surface area contributed by atoms with E-state index in [0.717, 1.165) is 17.3 Å². The van der Waals surface area contributed by atoms with Crippen molar-refractivity contribution >= 4 is 40.3 Å². The number of nitrogens with one attached hydrogen (secondary N) is 1. The van der Waals surface area contributed by atoms with Gasteiger partial charge in [-0.15, -0.1) is 0 Å². The average Bonchev–Trinajstić information content (AvgIpc) is 3.13. The van der Waals surface area contributed by atoms with Crippen LogP contribution in [0.4, 0.5) is 15.8 Å². The molecule has 0 bridgehead atoms. The molecule has 1 heterocycles. The van der Waals surface area contributed by atoms with Crippen LogP contribution in [0.1, 0.15) is 11.1 Å². The molecule has 3 aromatic rings. The van der Waals surface area contributed by atoms with Gasteiger partial charge in [-0.3, -0.25) is 14.9 Å². The number of hydrogen-bond donors (Lipinski definition) is 1. The highest BCUT2D eigenvalue weighted by molar-refractivity contribution is 8.18. The Morgan fingerprint density at radius 3 is 2.56 bits per heavy atom. The van der Waals surface area contributed by atoms with Crippen LogP contribution in [0.5, 0.6) is 5.75 Å². The summed E-state index contributed by atoms with van der Waals surface area (Å²) in [5.41, 5.74) is 1.66. The van der Waals surface area contributed by atoms with Crippen molar-refractivity contribution in [2.24, 2.45) is 4.99 Å². The average molecular weight is 449 g/mol. The maximum Gasteiger partial charge on any atom is 0.311 e. The van der Waals surface area contributed by atoms with Gasteiger partial charge in [0.2, 0.25) is 0 Å². The topological polar surface area (TPSA) is 93.8 Å². The molecule has 3 aromatic carbocycles. The maximum absolute atomic E-state index is 13.0. The van der Waals surface area contributed by atoms with E-state index < -0.39 is 4.92 Å². The van der Waals surface area contributed by atoms with Crippen molar-refractivity contribution in [1.29, 1.82) is 0 Å². The lowest BCUT2D eigenvalue weighted by Gasteiger charge is -2.07. The molecule has 0 radical (unpaired) electrons. The second-order valence-electron chi connectivity index (χ2n) is 6.72. The number of ether oxygens (including phenoxy) is 1. The van der Waals surface area contributed by atoms with Crippen LogP contribution >= 0.6 is 11.8 Å². The van der Waals surface area contributed by atoms with Gasteiger partial charge < -0.3 is 10.1 Å². The fraction of sp³-hybridized carbons (Fsp3) is 0.0435. The van der Waals surface area contributed by atoms with E-state index in [9.17, 15) is 19.3 Å². The molecule has 0 atom stereocenters. The number of amidine groups is 1. The highest BCUT2D eigenvalue weighted by Gasteiger charge is 2.24. The Labute approximate surface area is 186 Å². The number of thioether (sulfide) groups is 1. The minimum atomic E-state index is -0.522. The number of hydrogen-bond acceptors (Lipinski definition) is 6. The molecule has 1 amide bonds. The van der Waals surface area contributed by atoms with Crippen molar-refractivity contribution in [3.63, 3.8) is 0 Å². The molecule has 160 valence electrons. The van der Waals surface area contributed by atoms with E-state index in [-0.39, 0.29) is 29.8 Å². The molecule has 1 saturated heterocycles. The Bertz CT molecular complexity index is 1230.